The standard InChI is InChI=1S/C72H58F2N2/c1-43-27-44(2)32-53(31-43)61-39-65(73)69(41-63(61)55-35-47(5)29-48(6)36-55)75(57-15-11-9-12-16-57)67-25-21-51-20-24-60-68(26-22-52-19-23-59(67)71(51)72(52)60)76(58-17-13-10-14-18-58)70-42-64(56-37-49(7)30-50(8)38-56)62(40-66(70)74)54-33-45(3)28-46(4)34-54/h9-42H,1-8H3. The average Bonchev–Trinajstić information content (AvgIpc) is 3.53. The van der Waals surface area contributed by atoms with Gasteiger partial charge in [0.25, 0.3) is 0 Å². The molecular formula is C72H58F2N2. The molecule has 2 nitrogen and oxygen atoms in total. The first-order valence-corrected chi connectivity index (χ1v) is 26.2. The van der Waals surface area contributed by atoms with Gasteiger partial charge in [-0.05, 0) is 182 Å². The van der Waals surface area contributed by atoms with Gasteiger partial charge in [-0.25, -0.2) is 8.78 Å². The smallest absolute Gasteiger partial charge is 0.147 e. The summed E-state index contributed by atoms with van der Waals surface area (Å²) in [6.07, 6.45) is 0. The first-order chi connectivity index (χ1) is 36.7. The number of hydrogen-bond acceptors (Lipinski definition) is 2. The van der Waals surface area contributed by atoms with E-state index in [0.717, 1.165) is 144 Å². The van der Waals surface area contributed by atoms with E-state index in [1.54, 1.807) is 12.1 Å². The minimum absolute atomic E-state index is 0.330. The first-order valence-electron chi connectivity index (χ1n) is 26.2. The molecule has 0 spiro atoms. The predicted molar refractivity (Wildman–Crippen MR) is 319 cm³/mol. The largest absolute Gasteiger partial charge is 0.307 e. The van der Waals surface area contributed by atoms with Crippen molar-refractivity contribution in [2.45, 2.75) is 55.4 Å². The number of halogens is 2. The Morgan fingerprint density at radius 2 is 0.539 bits per heavy atom. The van der Waals surface area contributed by atoms with Crippen LogP contribution < -0.4 is 9.80 Å². The molecule has 4 heteroatoms. The zero-order chi connectivity index (χ0) is 52.5. The van der Waals surface area contributed by atoms with Crippen LogP contribution in [0.25, 0.3) is 76.8 Å². The summed E-state index contributed by atoms with van der Waals surface area (Å²) < 4.78 is 35.5. The van der Waals surface area contributed by atoms with Gasteiger partial charge in [-0.2, -0.15) is 0 Å². The molecule has 0 aliphatic heterocycles. The third-order valence-electron chi connectivity index (χ3n) is 14.9. The molecule has 0 heterocycles. The third-order valence-corrected chi connectivity index (χ3v) is 14.9. The Morgan fingerprint density at radius 1 is 0.263 bits per heavy atom. The monoisotopic (exact) mass is 988 g/mol. The number of nitrogens with zero attached hydrogens (tertiary/aromatic N) is 2. The number of para-hydroxylation sites is 2. The predicted octanol–water partition coefficient (Wildman–Crippen LogP) is 20.9. The fraction of sp³-hybridized carbons (Fsp3) is 0.111. The van der Waals surface area contributed by atoms with Gasteiger partial charge in [0.15, 0.2) is 0 Å². The molecule has 76 heavy (non-hydrogen) atoms. The molecule has 0 aliphatic carbocycles. The van der Waals surface area contributed by atoms with E-state index in [1.165, 1.54) is 0 Å². The summed E-state index contributed by atoms with van der Waals surface area (Å²) in [5.41, 5.74) is 20.9. The van der Waals surface area contributed by atoms with Crippen molar-refractivity contribution < 1.29 is 8.78 Å². The molecule has 0 unspecified atom stereocenters. The maximum absolute atomic E-state index is 17.8. The van der Waals surface area contributed by atoms with Gasteiger partial charge in [-0.1, -0.05) is 190 Å². The number of benzene rings is 12. The molecule has 0 aromatic heterocycles. The highest BCUT2D eigenvalue weighted by Gasteiger charge is 2.27. The Hall–Kier alpha value is -8.86. The number of aryl methyl sites for hydroxylation is 8. The van der Waals surface area contributed by atoms with Crippen LogP contribution in [0.1, 0.15) is 44.5 Å². The fourth-order valence-corrected chi connectivity index (χ4v) is 12.1. The Labute approximate surface area is 445 Å². The van der Waals surface area contributed by atoms with E-state index in [2.05, 4.69) is 187 Å². The Kier molecular flexibility index (Phi) is 12.1. The molecule has 0 saturated carbocycles. The lowest BCUT2D eigenvalue weighted by atomic mass is 9.89. The number of anilines is 6. The van der Waals surface area contributed by atoms with Crippen LogP contribution >= 0.6 is 0 Å². The van der Waals surface area contributed by atoms with Crippen molar-refractivity contribution in [1.29, 1.82) is 0 Å². The van der Waals surface area contributed by atoms with Gasteiger partial charge in [0.1, 0.15) is 11.6 Å². The van der Waals surface area contributed by atoms with Crippen LogP contribution in [0, 0.1) is 67.0 Å². The van der Waals surface area contributed by atoms with E-state index in [1.807, 2.05) is 72.8 Å². The molecule has 0 fully saturated rings. The molecule has 12 rings (SSSR count). The van der Waals surface area contributed by atoms with E-state index in [0.29, 0.717) is 11.4 Å². The zero-order valence-electron chi connectivity index (χ0n) is 44.3. The third kappa shape index (κ3) is 8.74. The van der Waals surface area contributed by atoms with Crippen LogP contribution in [0.3, 0.4) is 0 Å². The number of rotatable bonds is 10. The average molecular weight is 989 g/mol. The van der Waals surface area contributed by atoms with E-state index in [-0.39, 0.29) is 11.6 Å². The minimum atomic E-state index is -0.330. The van der Waals surface area contributed by atoms with Crippen molar-refractivity contribution >= 4 is 66.4 Å². The van der Waals surface area contributed by atoms with Crippen LogP contribution in [-0.2, 0) is 0 Å². The molecule has 370 valence electrons. The lowest BCUT2D eigenvalue weighted by Crippen LogP contribution is -2.13. The maximum Gasteiger partial charge on any atom is 0.147 e. The quantitative estimate of drug-likeness (QED) is 0.126. The zero-order valence-corrected chi connectivity index (χ0v) is 44.3. The highest BCUT2D eigenvalue weighted by Crippen LogP contribution is 2.51. The summed E-state index contributed by atoms with van der Waals surface area (Å²) in [5.74, 6) is -0.660. The lowest BCUT2D eigenvalue weighted by Gasteiger charge is -2.30. The summed E-state index contributed by atoms with van der Waals surface area (Å²) in [4.78, 5) is 4.16. The van der Waals surface area contributed by atoms with E-state index < -0.39 is 0 Å². The van der Waals surface area contributed by atoms with Crippen molar-refractivity contribution in [1.82, 2.24) is 0 Å². The van der Waals surface area contributed by atoms with Crippen molar-refractivity contribution in [2.75, 3.05) is 9.80 Å². The molecular weight excluding hydrogens is 931 g/mol. The van der Waals surface area contributed by atoms with Crippen molar-refractivity contribution in [2.24, 2.45) is 0 Å². The van der Waals surface area contributed by atoms with Crippen LogP contribution in [0.4, 0.5) is 42.9 Å². The van der Waals surface area contributed by atoms with Crippen LogP contribution in [-0.4, -0.2) is 0 Å². The van der Waals surface area contributed by atoms with Gasteiger partial charge in [0, 0.05) is 22.1 Å². The summed E-state index contributed by atoms with van der Waals surface area (Å²) in [6.45, 7) is 16.8. The summed E-state index contributed by atoms with van der Waals surface area (Å²) >= 11 is 0. The van der Waals surface area contributed by atoms with E-state index in [4.69, 9.17) is 0 Å². The summed E-state index contributed by atoms with van der Waals surface area (Å²) in [7, 11) is 0. The molecule has 0 saturated heterocycles. The lowest BCUT2D eigenvalue weighted by molar-refractivity contribution is 0.629. The molecule has 12 aromatic carbocycles. The van der Waals surface area contributed by atoms with Crippen LogP contribution in [0.15, 0.2) is 206 Å². The molecule has 0 bridgehead atoms. The normalized spacial score (nSPS) is 11.6. The second-order valence-electron chi connectivity index (χ2n) is 21.1. The highest BCUT2D eigenvalue weighted by atomic mass is 19.1. The fourth-order valence-electron chi connectivity index (χ4n) is 12.1. The maximum atomic E-state index is 17.8. The van der Waals surface area contributed by atoms with Gasteiger partial charge >= 0.3 is 0 Å². The SMILES string of the molecule is Cc1cc(C)cc(-c2cc(F)c(N(c3ccccc3)c3ccc4ccc5c(N(c6ccccc6)c6cc(-c7cc(C)cc(C)c7)c(-c7cc(C)cc(C)c7)cc6F)ccc6ccc3c4c65)cc2-c2cc(C)cc(C)c2)c1. The van der Waals surface area contributed by atoms with Crippen molar-refractivity contribution in [3.8, 4) is 44.5 Å². The first kappa shape index (κ1) is 48.1. The van der Waals surface area contributed by atoms with Crippen molar-refractivity contribution in [3.05, 3.63) is 262 Å². The number of hydrogen-bond donors (Lipinski definition) is 0. The second-order valence-corrected chi connectivity index (χ2v) is 21.1. The van der Waals surface area contributed by atoms with Gasteiger partial charge in [0.2, 0.25) is 0 Å². The molecule has 0 N–H and O–H groups in total. The van der Waals surface area contributed by atoms with E-state index >= 15 is 8.78 Å². The second kappa shape index (κ2) is 19.1. The topological polar surface area (TPSA) is 6.48 Å². The highest BCUT2D eigenvalue weighted by molar-refractivity contribution is 6.28. The summed E-state index contributed by atoms with van der Waals surface area (Å²) in [6, 6.07) is 71.1. The molecule has 0 aliphatic rings. The Bertz CT molecular complexity index is 3880. The minimum Gasteiger partial charge on any atom is -0.307 e. The molecule has 0 atom stereocenters. The van der Waals surface area contributed by atoms with Gasteiger partial charge in [-0.15, -0.1) is 0 Å². The molecule has 0 radical (unpaired) electrons. The Balaban J connectivity index is 1.10. The van der Waals surface area contributed by atoms with E-state index in [9.17, 15) is 0 Å². The molecule has 0 amide bonds. The summed E-state index contributed by atoms with van der Waals surface area (Å²) in [5, 5.41) is 6.13. The molecule has 12 aromatic rings. The van der Waals surface area contributed by atoms with Crippen molar-refractivity contribution in [3.63, 3.8) is 0 Å². The van der Waals surface area contributed by atoms with Crippen LogP contribution in [0.2, 0.25) is 0 Å². The van der Waals surface area contributed by atoms with Gasteiger partial charge < -0.3 is 9.80 Å². The Morgan fingerprint density at radius 3 is 0.842 bits per heavy atom. The van der Waals surface area contributed by atoms with Gasteiger partial charge in [0.05, 0.1) is 22.7 Å². The van der Waals surface area contributed by atoms with Gasteiger partial charge in [-0.3, -0.25) is 0 Å². The van der Waals surface area contributed by atoms with Crippen LogP contribution in [0.5, 0.6) is 0 Å².